The van der Waals surface area contributed by atoms with Crippen LogP contribution in [0.5, 0.6) is 0 Å². The van der Waals surface area contributed by atoms with Crippen molar-refractivity contribution in [3.63, 3.8) is 0 Å². The van der Waals surface area contributed by atoms with Crippen LogP contribution in [-0.4, -0.2) is 9.78 Å². The molecule has 18 heavy (non-hydrogen) atoms. The Labute approximate surface area is 111 Å². The van der Waals surface area contributed by atoms with Crippen LogP contribution in [-0.2, 0) is 18.4 Å². The zero-order chi connectivity index (χ0) is 13.8. The zero-order valence-electron chi connectivity index (χ0n) is 12.6. The van der Waals surface area contributed by atoms with Crippen LogP contribution in [0.2, 0.25) is 0 Å². The van der Waals surface area contributed by atoms with Crippen molar-refractivity contribution in [1.29, 1.82) is 0 Å². The first-order valence-corrected chi connectivity index (χ1v) is 7.24. The molecular formula is C15H28N2O. The smallest absolute Gasteiger partial charge is 0.269 e. The minimum atomic E-state index is 0.0136. The van der Waals surface area contributed by atoms with Gasteiger partial charge >= 0.3 is 0 Å². The van der Waals surface area contributed by atoms with E-state index in [0.717, 1.165) is 49.9 Å². The Bertz CT molecular complexity index is 421. The van der Waals surface area contributed by atoms with Crippen molar-refractivity contribution >= 4 is 0 Å². The van der Waals surface area contributed by atoms with Gasteiger partial charge in [-0.25, -0.2) is 0 Å². The fourth-order valence-electron chi connectivity index (χ4n) is 2.20. The lowest BCUT2D eigenvalue weighted by molar-refractivity contribution is 0.512. The number of aromatic nitrogens is 2. The first-order chi connectivity index (χ1) is 8.41. The largest absolute Gasteiger partial charge is 0.299 e. The molecule has 0 saturated carbocycles. The van der Waals surface area contributed by atoms with Crippen molar-refractivity contribution in [2.24, 2.45) is 0 Å². The van der Waals surface area contributed by atoms with Gasteiger partial charge in [-0.2, -0.15) is 0 Å². The predicted octanol–water partition coefficient (Wildman–Crippen LogP) is 3.62. The molecule has 0 amide bonds. The molecule has 0 aromatic carbocycles. The minimum Gasteiger partial charge on any atom is -0.299 e. The normalized spacial score (nSPS) is 12.1. The highest BCUT2D eigenvalue weighted by atomic mass is 16.1. The SMILES string of the molecule is CCCCc1c(C(C)(C)C)[nH]n(CCCC)c1=O. The molecule has 0 atom stereocenters. The van der Waals surface area contributed by atoms with Gasteiger partial charge in [-0.05, 0) is 19.3 Å². The number of nitrogens with one attached hydrogen (secondary N) is 1. The molecular weight excluding hydrogens is 224 g/mol. The molecule has 0 spiro atoms. The Morgan fingerprint density at radius 2 is 1.72 bits per heavy atom. The van der Waals surface area contributed by atoms with E-state index in [1.165, 1.54) is 0 Å². The molecule has 1 heterocycles. The van der Waals surface area contributed by atoms with Gasteiger partial charge in [-0.15, -0.1) is 0 Å². The standard InChI is InChI=1S/C15H28N2O/c1-6-8-10-12-13(15(3,4)5)16-17(14(12)18)11-9-7-2/h16H,6-11H2,1-5H3. The molecule has 3 heteroatoms. The number of aromatic amines is 1. The highest BCUT2D eigenvalue weighted by Crippen LogP contribution is 2.23. The van der Waals surface area contributed by atoms with E-state index in [4.69, 9.17) is 0 Å². The van der Waals surface area contributed by atoms with E-state index in [1.54, 1.807) is 4.68 Å². The summed E-state index contributed by atoms with van der Waals surface area (Å²) in [6, 6.07) is 0. The van der Waals surface area contributed by atoms with E-state index >= 15 is 0 Å². The topological polar surface area (TPSA) is 37.8 Å². The van der Waals surface area contributed by atoms with Gasteiger partial charge in [-0.1, -0.05) is 47.5 Å². The zero-order valence-corrected chi connectivity index (χ0v) is 12.6. The molecule has 0 saturated heterocycles. The number of nitrogens with zero attached hydrogens (tertiary/aromatic N) is 1. The number of unbranched alkanes of at least 4 members (excludes halogenated alkanes) is 2. The van der Waals surface area contributed by atoms with Crippen LogP contribution in [0.25, 0.3) is 0 Å². The Morgan fingerprint density at radius 1 is 1.11 bits per heavy atom. The molecule has 0 unspecified atom stereocenters. The van der Waals surface area contributed by atoms with Gasteiger partial charge in [0.25, 0.3) is 5.56 Å². The summed E-state index contributed by atoms with van der Waals surface area (Å²) in [6.45, 7) is 11.6. The van der Waals surface area contributed by atoms with Crippen LogP contribution in [0.1, 0.15) is 71.6 Å². The predicted molar refractivity (Wildman–Crippen MR) is 77.3 cm³/mol. The summed E-state index contributed by atoms with van der Waals surface area (Å²) >= 11 is 0. The van der Waals surface area contributed by atoms with Gasteiger partial charge in [0.1, 0.15) is 0 Å². The van der Waals surface area contributed by atoms with Crippen LogP contribution >= 0.6 is 0 Å². The molecule has 0 aliphatic carbocycles. The summed E-state index contributed by atoms with van der Waals surface area (Å²) in [6.07, 6.45) is 5.28. The van der Waals surface area contributed by atoms with Crippen molar-refractivity contribution in [3.8, 4) is 0 Å². The van der Waals surface area contributed by atoms with E-state index in [0.29, 0.717) is 0 Å². The van der Waals surface area contributed by atoms with E-state index in [2.05, 4.69) is 39.7 Å². The van der Waals surface area contributed by atoms with Crippen LogP contribution < -0.4 is 5.56 Å². The number of aryl methyl sites for hydroxylation is 1. The molecule has 1 N–H and O–H groups in total. The maximum atomic E-state index is 12.4. The molecule has 3 nitrogen and oxygen atoms in total. The summed E-state index contributed by atoms with van der Waals surface area (Å²) in [7, 11) is 0. The Hall–Kier alpha value is -0.990. The summed E-state index contributed by atoms with van der Waals surface area (Å²) < 4.78 is 1.80. The van der Waals surface area contributed by atoms with Gasteiger partial charge in [0.05, 0.1) is 0 Å². The molecule has 1 rings (SSSR count). The van der Waals surface area contributed by atoms with Crippen LogP contribution in [0.3, 0.4) is 0 Å². The maximum Gasteiger partial charge on any atom is 0.269 e. The highest BCUT2D eigenvalue weighted by Gasteiger charge is 2.23. The molecule has 0 aliphatic heterocycles. The summed E-state index contributed by atoms with van der Waals surface area (Å²) in [5.74, 6) is 0. The molecule has 0 fully saturated rings. The fourth-order valence-corrected chi connectivity index (χ4v) is 2.20. The van der Waals surface area contributed by atoms with Gasteiger partial charge < -0.3 is 0 Å². The summed E-state index contributed by atoms with van der Waals surface area (Å²) in [5.41, 5.74) is 2.33. The van der Waals surface area contributed by atoms with Gasteiger partial charge in [0, 0.05) is 23.2 Å². The van der Waals surface area contributed by atoms with Crippen LogP contribution in [0.4, 0.5) is 0 Å². The van der Waals surface area contributed by atoms with E-state index in [-0.39, 0.29) is 11.0 Å². The molecule has 1 aromatic rings. The fraction of sp³-hybridized carbons (Fsp3) is 0.800. The average molecular weight is 252 g/mol. The lowest BCUT2D eigenvalue weighted by atomic mass is 9.88. The number of rotatable bonds is 6. The van der Waals surface area contributed by atoms with Gasteiger partial charge in [-0.3, -0.25) is 14.6 Å². The molecule has 104 valence electrons. The van der Waals surface area contributed by atoms with Crippen molar-refractivity contribution in [2.45, 2.75) is 78.7 Å². The van der Waals surface area contributed by atoms with E-state index < -0.39 is 0 Å². The number of H-pyrrole nitrogens is 1. The van der Waals surface area contributed by atoms with Crippen molar-refractivity contribution < 1.29 is 0 Å². The van der Waals surface area contributed by atoms with Crippen LogP contribution in [0.15, 0.2) is 4.79 Å². The average Bonchev–Trinajstić information content (AvgIpc) is 2.61. The second kappa shape index (κ2) is 6.26. The highest BCUT2D eigenvalue weighted by molar-refractivity contribution is 5.24. The number of hydrogen-bond acceptors (Lipinski definition) is 1. The molecule has 0 aliphatic rings. The second-order valence-corrected chi connectivity index (χ2v) is 6.13. The molecule has 1 aromatic heterocycles. The molecule has 0 radical (unpaired) electrons. The van der Waals surface area contributed by atoms with Crippen LogP contribution in [0, 0.1) is 0 Å². The maximum absolute atomic E-state index is 12.4. The third-order valence-electron chi connectivity index (χ3n) is 3.32. The second-order valence-electron chi connectivity index (χ2n) is 6.13. The number of hydrogen-bond donors (Lipinski definition) is 1. The van der Waals surface area contributed by atoms with E-state index in [9.17, 15) is 4.79 Å². The lowest BCUT2D eigenvalue weighted by Gasteiger charge is -2.18. The lowest BCUT2D eigenvalue weighted by Crippen LogP contribution is -2.19. The third-order valence-corrected chi connectivity index (χ3v) is 3.32. The Kier molecular flexibility index (Phi) is 5.24. The van der Waals surface area contributed by atoms with Crippen molar-refractivity contribution in [2.75, 3.05) is 0 Å². The van der Waals surface area contributed by atoms with Gasteiger partial charge in [0.15, 0.2) is 0 Å². The van der Waals surface area contributed by atoms with Crippen molar-refractivity contribution in [1.82, 2.24) is 9.78 Å². The van der Waals surface area contributed by atoms with Gasteiger partial charge in [0.2, 0.25) is 0 Å². The van der Waals surface area contributed by atoms with E-state index in [1.807, 2.05) is 0 Å². The quantitative estimate of drug-likeness (QED) is 0.825. The monoisotopic (exact) mass is 252 g/mol. The minimum absolute atomic E-state index is 0.0136. The van der Waals surface area contributed by atoms with Crippen molar-refractivity contribution in [3.05, 3.63) is 21.6 Å². The third kappa shape index (κ3) is 3.50. The Balaban J connectivity index is 3.10. The molecule has 0 bridgehead atoms. The first kappa shape index (κ1) is 15.1. The summed E-state index contributed by atoms with van der Waals surface area (Å²) in [4.78, 5) is 12.4. The summed E-state index contributed by atoms with van der Waals surface area (Å²) in [5, 5.41) is 3.34. The first-order valence-electron chi connectivity index (χ1n) is 7.24. The Morgan fingerprint density at radius 3 is 2.22 bits per heavy atom.